The number of hydrogen-bond acceptors (Lipinski definition) is 7. The van der Waals surface area contributed by atoms with E-state index in [-0.39, 0.29) is 12.2 Å². The molecule has 1 unspecified atom stereocenters. The fraction of sp³-hybridized carbons (Fsp3) is 0.219. The molecule has 1 aliphatic heterocycles. The third-order valence-electron chi connectivity index (χ3n) is 6.76. The first-order chi connectivity index (χ1) is 19.8. The third kappa shape index (κ3) is 5.99. The van der Waals surface area contributed by atoms with Gasteiger partial charge in [0, 0.05) is 30.4 Å². The van der Waals surface area contributed by atoms with E-state index in [0.717, 1.165) is 22.4 Å². The van der Waals surface area contributed by atoms with Gasteiger partial charge >= 0.3 is 5.97 Å². The zero-order chi connectivity index (χ0) is 29.1. The molecule has 0 amide bonds. The number of aromatic nitrogens is 1. The molecule has 9 heteroatoms. The summed E-state index contributed by atoms with van der Waals surface area (Å²) in [7, 11) is 3.92. The summed E-state index contributed by atoms with van der Waals surface area (Å²) in [6.07, 6.45) is 1.82. The van der Waals surface area contributed by atoms with Gasteiger partial charge in [0.25, 0.3) is 5.56 Å². The van der Waals surface area contributed by atoms with Crippen molar-refractivity contribution in [3.05, 3.63) is 125 Å². The number of para-hydroxylation sites is 1. The van der Waals surface area contributed by atoms with Gasteiger partial charge in [0.1, 0.15) is 12.4 Å². The number of fused-ring (bicyclic) bond motifs is 1. The summed E-state index contributed by atoms with van der Waals surface area (Å²) < 4.78 is 13.6. The van der Waals surface area contributed by atoms with E-state index in [1.807, 2.05) is 97.9 Å². The van der Waals surface area contributed by atoms with E-state index in [1.165, 1.54) is 11.3 Å². The van der Waals surface area contributed by atoms with E-state index in [0.29, 0.717) is 38.0 Å². The summed E-state index contributed by atoms with van der Waals surface area (Å²) in [5.41, 5.74) is 4.20. The number of anilines is 1. The van der Waals surface area contributed by atoms with Crippen LogP contribution in [-0.4, -0.2) is 31.2 Å². The van der Waals surface area contributed by atoms with Crippen molar-refractivity contribution in [3.63, 3.8) is 0 Å². The first-order valence-corrected chi connectivity index (χ1v) is 14.4. The monoisotopic (exact) mass is 587 g/mol. The van der Waals surface area contributed by atoms with Gasteiger partial charge in [-0.05, 0) is 61.4 Å². The summed E-state index contributed by atoms with van der Waals surface area (Å²) in [4.78, 5) is 34.3. The normalized spacial score (nSPS) is 14.9. The molecule has 210 valence electrons. The van der Waals surface area contributed by atoms with Crippen LogP contribution in [0, 0.1) is 0 Å². The number of carbonyl (C=O) groups is 1. The van der Waals surface area contributed by atoms with Gasteiger partial charge < -0.3 is 14.4 Å². The number of carbonyl (C=O) groups excluding carboxylic acids is 1. The van der Waals surface area contributed by atoms with Crippen LogP contribution in [0.2, 0.25) is 5.02 Å². The highest BCUT2D eigenvalue weighted by atomic mass is 35.5. The lowest BCUT2D eigenvalue weighted by molar-refractivity contribution is -0.139. The Bertz CT molecular complexity index is 1790. The maximum atomic E-state index is 14.0. The average molecular weight is 588 g/mol. The van der Waals surface area contributed by atoms with Crippen LogP contribution in [0.25, 0.3) is 6.08 Å². The number of esters is 1. The van der Waals surface area contributed by atoms with Gasteiger partial charge in [-0.25, -0.2) is 9.79 Å². The Morgan fingerprint density at radius 3 is 2.46 bits per heavy atom. The molecule has 1 aromatic heterocycles. The van der Waals surface area contributed by atoms with E-state index in [9.17, 15) is 9.59 Å². The molecule has 0 spiro atoms. The van der Waals surface area contributed by atoms with E-state index in [4.69, 9.17) is 21.1 Å². The summed E-state index contributed by atoms with van der Waals surface area (Å²) in [6, 6.07) is 22.2. The Labute approximate surface area is 247 Å². The van der Waals surface area contributed by atoms with Crippen LogP contribution in [0.5, 0.6) is 5.75 Å². The molecule has 41 heavy (non-hydrogen) atoms. The standard InChI is InChI=1S/C32H30ClN3O4S/c1-5-39-31(38)28-20(2)34-32-36(29(28)22-12-16-25(17-13-22)35(3)4)30(37)27(41-32)18-23-8-6-7-9-26(23)40-19-21-10-14-24(33)15-11-21/h6-18,29H,5,19H2,1-4H3. The van der Waals surface area contributed by atoms with Gasteiger partial charge in [-0.3, -0.25) is 9.36 Å². The smallest absolute Gasteiger partial charge is 0.338 e. The fourth-order valence-electron chi connectivity index (χ4n) is 4.68. The average Bonchev–Trinajstić information content (AvgIpc) is 3.26. The molecule has 1 atom stereocenters. The van der Waals surface area contributed by atoms with Crippen LogP contribution in [0.4, 0.5) is 5.69 Å². The Morgan fingerprint density at radius 2 is 1.78 bits per heavy atom. The van der Waals surface area contributed by atoms with Crippen molar-refractivity contribution in [2.75, 3.05) is 25.6 Å². The first kappa shape index (κ1) is 28.4. The molecule has 3 aromatic carbocycles. The lowest BCUT2D eigenvalue weighted by Gasteiger charge is -2.25. The van der Waals surface area contributed by atoms with Gasteiger partial charge in [0.2, 0.25) is 0 Å². The van der Waals surface area contributed by atoms with Crippen LogP contribution in [-0.2, 0) is 16.1 Å². The second-order valence-corrected chi connectivity index (χ2v) is 11.2. The highest BCUT2D eigenvalue weighted by Gasteiger charge is 2.33. The Balaban J connectivity index is 1.59. The molecule has 0 saturated carbocycles. The highest BCUT2D eigenvalue weighted by Crippen LogP contribution is 2.31. The summed E-state index contributed by atoms with van der Waals surface area (Å²) in [6.45, 7) is 4.12. The summed E-state index contributed by atoms with van der Waals surface area (Å²) >= 11 is 7.29. The maximum absolute atomic E-state index is 14.0. The molecular weight excluding hydrogens is 558 g/mol. The lowest BCUT2D eigenvalue weighted by Crippen LogP contribution is -2.40. The quantitative estimate of drug-likeness (QED) is 0.268. The first-order valence-electron chi connectivity index (χ1n) is 13.2. The number of ether oxygens (including phenoxy) is 2. The van der Waals surface area contributed by atoms with Gasteiger partial charge in [0.15, 0.2) is 4.80 Å². The Morgan fingerprint density at radius 1 is 1.07 bits per heavy atom. The molecule has 0 fully saturated rings. The van der Waals surface area contributed by atoms with Gasteiger partial charge in [-0.1, -0.05) is 65.4 Å². The molecule has 0 saturated heterocycles. The van der Waals surface area contributed by atoms with Crippen molar-refractivity contribution in [1.82, 2.24) is 4.57 Å². The molecular formula is C32H30ClN3O4S. The SMILES string of the molecule is CCOC(=O)C1=C(C)N=c2sc(=Cc3ccccc3OCc3ccc(Cl)cc3)c(=O)n2C1c1ccc(N(C)C)cc1. The van der Waals surface area contributed by atoms with Crippen LogP contribution >= 0.6 is 22.9 Å². The van der Waals surface area contributed by atoms with E-state index < -0.39 is 12.0 Å². The van der Waals surface area contributed by atoms with Crippen LogP contribution in [0.15, 0.2) is 93.9 Å². The molecule has 0 N–H and O–H groups in total. The molecule has 4 aromatic rings. The topological polar surface area (TPSA) is 73.1 Å². The van der Waals surface area contributed by atoms with Crippen molar-refractivity contribution in [2.24, 2.45) is 4.99 Å². The van der Waals surface area contributed by atoms with Crippen molar-refractivity contribution >= 4 is 40.7 Å². The van der Waals surface area contributed by atoms with Crippen LogP contribution < -0.4 is 24.5 Å². The van der Waals surface area contributed by atoms with Gasteiger partial charge in [0.05, 0.1) is 28.5 Å². The number of thiazole rings is 1. The Kier molecular flexibility index (Phi) is 8.42. The molecule has 0 bridgehead atoms. The minimum atomic E-state index is -0.667. The molecule has 0 aliphatic carbocycles. The predicted molar refractivity (Wildman–Crippen MR) is 163 cm³/mol. The number of hydrogen-bond donors (Lipinski definition) is 0. The number of allylic oxidation sites excluding steroid dienone is 1. The zero-order valence-electron chi connectivity index (χ0n) is 23.3. The summed E-state index contributed by atoms with van der Waals surface area (Å²) in [5.74, 6) is 0.165. The van der Waals surface area contributed by atoms with Gasteiger partial charge in [-0.15, -0.1) is 0 Å². The molecule has 5 rings (SSSR count). The molecule has 1 aliphatic rings. The molecule has 7 nitrogen and oxygen atoms in total. The molecule has 0 radical (unpaired) electrons. The number of nitrogens with zero attached hydrogens (tertiary/aromatic N) is 3. The van der Waals surface area contributed by atoms with Crippen LogP contribution in [0.3, 0.4) is 0 Å². The maximum Gasteiger partial charge on any atom is 0.338 e. The summed E-state index contributed by atoms with van der Waals surface area (Å²) in [5, 5.41) is 0.665. The minimum absolute atomic E-state index is 0.221. The number of benzene rings is 3. The van der Waals surface area contributed by atoms with E-state index in [2.05, 4.69) is 4.99 Å². The molecule has 2 heterocycles. The number of rotatable bonds is 8. The van der Waals surface area contributed by atoms with E-state index in [1.54, 1.807) is 18.4 Å². The van der Waals surface area contributed by atoms with Crippen molar-refractivity contribution in [2.45, 2.75) is 26.5 Å². The largest absolute Gasteiger partial charge is 0.488 e. The van der Waals surface area contributed by atoms with Gasteiger partial charge in [-0.2, -0.15) is 0 Å². The van der Waals surface area contributed by atoms with Crippen molar-refractivity contribution in [3.8, 4) is 5.75 Å². The number of halogens is 1. The van der Waals surface area contributed by atoms with Crippen molar-refractivity contribution < 1.29 is 14.3 Å². The third-order valence-corrected chi connectivity index (χ3v) is 7.99. The highest BCUT2D eigenvalue weighted by molar-refractivity contribution is 7.07. The minimum Gasteiger partial charge on any atom is -0.488 e. The fourth-order valence-corrected chi connectivity index (χ4v) is 5.84. The predicted octanol–water partition coefficient (Wildman–Crippen LogP) is 5.10. The van der Waals surface area contributed by atoms with E-state index >= 15 is 0 Å². The second-order valence-electron chi connectivity index (χ2n) is 9.74. The second kappa shape index (κ2) is 12.2. The lowest BCUT2D eigenvalue weighted by atomic mass is 9.95. The Hall–Kier alpha value is -4.14. The van der Waals surface area contributed by atoms with Crippen molar-refractivity contribution in [1.29, 1.82) is 0 Å². The zero-order valence-corrected chi connectivity index (χ0v) is 24.8. The van der Waals surface area contributed by atoms with Crippen LogP contribution in [0.1, 0.15) is 36.6 Å².